The summed E-state index contributed by atoms with van der Waals surface area (Å²) in [5.41, 5.74) is 4.89. The van der Waals surface area contributed by atoms with Crippen molar-refractivity contribution in [1.82, 2.24) is 4.90 Å². The zero-order chi connectivity index (χ0) is 19.8. The Bertz CT molecular complexity index is 737. The Labute approximate surface area is 180 Å². The molecule has 3 rings (SSSR count). The third-order valence-corrected chi connectivity index (χ3v) is 5.25. The predicted octanol–water partition coefficient (Wildman–Crippen LogP) is 4.34. The minimum Gasteiger partial charge on any atom is -0.448 e. The van der Waals surface area contributed by atoms with Crippen LogP contribution in [0.2, 0.25) is 0 Å². The van der Waals surface area contributed by atoms with Crippen LogP contribution in [0, 0.1) is 0 Å². The Morgan fingerprint density at radius 1 is 0.929 bits per heavy atom. The number of fused-ring (bicyclic) bond motifs is 3. The van der Waals surface area contributed by atoms with E-state index in [0.29, 0.717) is 33.0 Å². The molecule has 0 bridgehead atoms. The van der Waals surface area contributed by atoms with E-state index in [9.17, 15) is 4.79 Å². The third kappa shape index (κ3) is 5.24. The van der Waals surface area contributed by atoms with Gasteiger partial charge in [-0.15, -0.1) is 0 Å². The van der Waals surface area contributed by atoms with Crippen molar-refractivity contribution in [3.05, 3.63) is 59.7 Å². The number of likely N-dealkylation sites (N-methyl/N-ethyl adjacent to an activating group) is 1. The van der Waals surface area contributed by atoms with Crippen LogP contribution in [0.4, 0.5) is 4.79 Å². The summed E-state index contributed by atoms with van der Waals surface area (Å²) >= 11 is 2.27. The molecule has 1 aliphatic rings. The minimum atomic E-state index is -0.327. The Morgan fingerprint density at radius 3 is 2.11 bits per heavy atom. The molecule has 0 heterocycles. The molecule has 0 saturated carbocycles. The first-order valence-corrected chi connectivity index (χ1v) is 11.0. The second-order valence-corrected chi connectivity index (χ2v) is 7.72. The number of benzene rings is 2. The van der Waals surface area contributed by atoms with Crippen molar-refractivity contribution in [2.45, 2.75) is 5.92 Å². The Morgan fingerprint density at radius 2 is 1.50 bits per heavy atom. The topological polar surface area (TPSA) is 48.0 Å². The van der Waals surface area contributed by atoms with Crippen molar-refractivity contribution < 1.29 is 19.0 Å². The van der Waals surface area contributed by atoms with E-state index >= 15 is 0 Å². The van der Waals surface area contributed by atoms with Crippen LogP contribution in [0.5, 0.6) is 0 Å². The van der Waals surface area contributed by atoms with Crippen molar-refractivity contribution in [1.29, 1.82) is 0 Å². The number of carbonyl (C=O) groups excluding carboxylic acids is 1. The van der Waals surface area contributed by atoms with E-state index in [2.05, 4.69) is 46.9 Å². The first-order chi connectivity index (χ1) is 13.7. The van der Waals surface area contributed by atoms with Crippen LogP contribution in [0.25, 0.3) is 11.1 Å². The summed E-state index contributed by atoms with van der Waals surface area (Å²) < 4.78 is 17.4. The summed E-state index contributed by atoms with van der Waals surface area (Å²) in [6.07, 6.45) is -0.327. The van der Waals surface area contributed by atoms with Crippen molar-refractivity contribution >= 4 is 28.7 Å². The van der Waals surface area contributed by atoms with Crippen molar-refractivity contribution in [3.63, 3.8) is 0 Å². The molecule has 1 amide bonds. The molecule has 6 heteroatoms. The van der Waals surface area contributed by atoms with Crippen LogP contribution in [-0.4, -0.2) is 62.0 Å². The number of amides is 1. The second kappa shape index (κ2) is 10.8. The number of carbonyl (C=O) groups is 1. The normalized spacial score (nSPS) is 12.5. The first-order valence-electron chi connectivity index (χ1n) is 9.50. The van der Waals surface area contributed by atoms with Gasteiger partial charge in [0.05, 0.1) is 26.4 Å². The fourth-order valence-electron chi connectivity index (χ4n) is 3.37. The van der Waals surface area contributed by atoms with Crippen LogP contribution < -0.4 is 0 Å². The van der Waals surface area contributed by atoms with Crippen molar-refractivity contribution in [2.24, 2.45) is 0 Å². The van der Waals surface area contributed by atoms with Gasteiger partial charge in [0, 0.05) is 23.9 Å². The number of hydrogen-bond donors (Lipinski definition) is 0. The number of rotatable bonds is 10. The van der Waals surface area contributed by atoms with Crippen LogP contribution in [0.1, 0.15) is 17.0 Å². The Balaban J connectivity index is 1.47. The molecule has 0 fully saturated rings. The van der Waals surface area contributed by atoms with E-state index in [1.165, 1.54) is 22.3 Å². The molecule has 5 nitrogen and oxygen atoms in total. The lowest BCUT2D eigenvalue weighted by atomic mass is 9.98. The van der Waals surface area contributed by atoms with Gasteiger partial charge in [-0.3, -0.25) is 0 Å². The van der Waals surface area contributed by atoms with Crippen molar-refractivity contribution in [3.8, 4) is 11.1 Å². The van der Waals surface area contributed by atoms with Crippen LogP contribution in [0.3, 0.4) is 0 Å². The Hall–Kier alpha value is -1.64. The molecule has 2 aromatic rings. The maximum atomic E-state index is 12.4. The zero-order valence-corrected chi connectivity index (χ0v) is 18.3. The minimum absolute atomic E-state index is 0.0797. The number of ether oxygens (including phenoxy) is 3. The van der Waals surface area contributed by atoms with Crippen molar-refractivity contribution in [2.75, 3.05) is 51.1 Å². The highest BCUT2D eigenvalue weighted by molar-refractivity contribution is 14.1. The fourth-order valence-corrected chi connectivity index (χ4v) is 3.68. The largest absolute Gasteiger partial charge is 0.448 e. The molecule has 0 atom stereocenters. The van der Waals surface area contributed by atoms with Gasteiger partial charge in [0.1, 0.15) is 6.61 Å². The predicted molar refractivity (Wildman–Crippen MR) is 118 cm³/mol. The van der Waals surface area contributed by atoms with Crippen LogP contribution in [-0.2, 0) is 14.2 Å². The number of halogens is 1. The van der Waals surface area contributed by atoms with Gasteiger partial charge >= 0.3 is 6.09 Å². The lowest BCUT2D eigenvalue weighted by Gasteiger charge is -2.19. The van der Waals surface area contributed by atoms with Crippen LogP contribution >= 0.6 is 22.6 Å². The molecular formula is C22H26INO4. The summed E-state index contributed by atoms with van der Waals surface area (Å²) in [6, 6.07) is 16.7. The Kier molecular flexibility index (Phi) is 8.12. The summed E-state index contributed by atoms with van der Waals surface area (Å²) in [5, 5.41) is 0. The highest BCUT2D eigenvalue weighted by atomic mass is 127. The molecule has 0 spiro atoms. The summed E-state index contributed by atoms with van der Waals surface area (Å²) in [6.45, 7) is 3.15. The van der Waals surface area contributed by atoms with Gasteiger partial charge in [-0.2, -0.15) is 0 Å². The molecule has 0 N–H and O–H groups in total. The first kappa shape index (κ1) is 21.1. The van der Waals surface area contributed by atoms with Gasteiger partial charge in [-0.1, -0.05) is 71.1 Å². The average molecular weight is 495 g/mol. The molecule has 0 radical (unpaired) electrons. The monoisotopic (exact) mass is 495 g/mol. The molecule has 28 heavy (non-hydrogen) atoms. The van der Waals surface area contributed by atoms with Gasteiger partial charge in [-0.25, -0.2) is 4.79 Å². The quantitative estimate of drug-likeness (QED) is 0.280. The lowest BCUT2D eigenvalue weighted by molar-refractivity contribution is 0.0432. The van der Waals surface area contributed by atoms with Gasteiger partial charge in [0.2, 0.25) is 0 Å². The lowest BCUT2D eigenvalue weighted by Crippen LogP contribution is -2.32. The average Bonchev–Trinajstić information content (AvgIpc) is 3.05. The third-order valence-electron chi connectivity index (χ3n) is 4.81. The van der Waals surface area contributed by atoms with E-state index in [0.717, 1.165) is 11.0 Å². The molecule has 150 valence electrons. The van der Waals surface area contributed by atoms with E-state index in [-0.39, 0.29) is 12.0 Å². The molecule has 0 saturated heterocycles. The molecule has 0 unspecified atom stereocenters. The van der Waals surface area contributed by atoms with E-state index in [1.807, 2.05) is 24.3 Å². The van der Waals surface area contributed by atoms with E-state index in [4.69, 9.17) is 14.2 Å². The highest BCUT2D eigenvalue weighted by Crippen LogP contribution is 2.44. The summed E-state index contributed by atoms with van der Waals surface area (Å²) in [4.78, 5) is 13.9. The molecule has 0 aromatic heterocycles. The smallest absolute Gasteiger partial charge is 0.409 e. The SMILES string of the molecule is CN(CCOCCOCCI)C(=O)OCC1c2ccccc2-c2ccccc21. The number of hydrogen-bond acceptors (Lipinski definition) is 4. The fraction of sp³-hybridized carbons (Fsp3) is 0.409. The van der Waals surface area contributed by atoms with Gasteiger partial charge in [-0.05, 0) is 22.3 Å². The highest BCUT2D eigenvalue weighted by Gasteiger charge is 2.29. The van der Waals surface area contributed by atoms with E-state index < -0.39 is 0 Å². The molecule has 1 aliphatic carbocycles. The molecular weight excluding hydrogens is 469 g/mol. The standard InChI is InChI=1S/C22H26INO4/c1-24(11-13-27-15-14-26-12-10-23)22(25)28-16-21-19-8-4-2-6-17(19)18-7-3-5-9-20(18)21/h2-9,21H,10-16H2,1H3. The van der Waals surface area contributed by atoms with Gasteiger partial charge in [0.25, 0.3) is 0 Å². The second-order valence-electron chi connectivity index (χ2n) is 6.64. The van der Waals surface area contributed by atoms with Gasteiger partial charge in [0.15, 0.2) is 0 Å². The zero-order valence-electron chi connectivity index (χ0n) is 16.1. The van der Waals surface area contributed by atoms with Crippen LogP contribution in [0.15, 0.2) is 48.5 Å². The molecule has 0 aliphatic heterocycles. The number of alkyl halides is 1. The number of nitrogens with zero attached hydrogens (tertiary/aromatic N) is 1. The summed E-state index contributed by atoms with van der Waals surface area (Å²) in [7, 11) is 1.73. The maximum absolute atomic E-state index is 12.4. The molecule has 2 aromatic carbocycles. The summed E-state index contributed by atoms with van der Waals surface area (Å²) in [5.74, 6) is 0.0797. The van der Waals surface area contributed by atoms with Gasteiger partial charge < -0.3 is 19.1 Å². The maximum Gasteiger partial charge on any atom is 0.409 e. The van der Waals surface area contributed by atoms with E-state index in [1.54, 1.807) is 11.9 Å².